The van der Waals surface area contributed by atoms with Gasteiger partial charge in [-0.1, -0.05) is 19.1 Å². The van der Waals surface area contributed by atoms with E-state index >= 15 is 0 Å². The van der Waals surface area contributed by atoms with Crippen molar-refractivity contribution in [3.8, 4) is 11.5 Å². The van der Waals surface area contributed by atoms with Crippen LogP contribution in [-0.2, 0) is 10.2 Å². The maximum Gasteiger partial charge on any atom is 0.164 e. The predicted octanol–water partition coefficient (Wildman–Crippen LogP) is 2.80. The lowest BCUT2D eigenvalue weighted by atomic mass is 9.80. The zero-order valence-corrected chi connectivity index (χ0v) is 11.2. The Morgan fingerprint density at radius 2 is 1.94 bits per heavy atom. The smallest absolute Gasteiger partial charge is 0.164 e. The molecule has 1 aromatic carbocycles. The van der Waals surface area contributed by atoms with Crippen molar-refractivity contribution in [3.63, 3.8) is 0 Å². The molecular formula is C15H18O3. The average molecular weight is 246 g/mol. The van der Waals surface area contributed by atoms with Gasteiger partial charge in [-0.2, -0.15) is 0 Å². The lowest BCUT2D eigenvalue weighted by Gasteiger charge is -2.25. The fourth-order valence-electron chi connectivity index (χ4n) is 2.47. The molecule has 1 aromatic rings. The Balaban J connectivity index is 2.60. The molecule has 0 aromatic heterocycles. The lowest BCUT2D eigenvalue weighted by molar-refractivity contribution is -0.114. The summed E-state index contributed by atoms with van der Waals surface area (Å²) in [5, 5.41) is 0. The minimum atomic E-state index is -0.304. The molecule has 1 unspecified atom stereocenters. The molecule has 0 amide bonds. The molecule has 0 radical (unpaired) electrons. The quantitative estimate of drug-likeness (QED) is 0.822. The van der Waals surface area contributed by atoms with Crippen LogP contribution < -0.4 is 9.47 Å². The molecule has 0 heterocycles. The standard InChI is InChI=1S/C15H18O3/c1-10-7-12(14(18-4)13(8-10)17-3)15(2)6-5-11(16)9-15/h5-8H,9H2,1-4H3. The summed E-state index contributed by atoms with van der Waals surface area (Å²) in [6, 6.07) is 4.00. The second-order valence-corrected chi connectivity index (χ2v) is 4.94. The highest BCUT2D eigenvalue weighted by atomic mass is 16.5. The normalized spacial score (nSPS) is 22.3. The minimum Gasteiger partial charge on any atom is -0.493 e. The first kappa shape index (κ1) is 12.7. The highest BCUT2D eigenvalue weighted by Crippen LogP contribution is 2.44. The number of allylic oxidation sites excluding steroid dienone is 2. The summed E-state index contributed by atoms with van der Waals surface area (Å²) in [6.45, 7) is 4.06. The molecule has 0 saturated carbocycles. The molecule has 0 N–H and O–H groups in total. The number of ether oxygens (including phenoxy) is 2. The van der Waals surface area contributed by atoms with Gasteiger partial charge in [0, 0.05) is 17.4 Å². The van der Waals surface area contributed by atoms with Crippen LogP contribution in [0.5, 0.6) is 11.5 Å². The summed E-state index contributed by atoms with van der Waals surface area (Å²) in [6.07, 6.45) is 4.08. The lowest BCUT2D eigenvalue weighted by Crippen LogP contribution is -2.19. The van der Waals surface area contributed by atoms with Crippen molar-refractivity contribution in [2.45, 2.75) is 25.7 Å². The third-order valence-corrected chi connectivity index (χ3v) is 3.42. The van der Waals surface area contributed by atoms with E-state index in [0.717, 1.165) is 11.1 Å². The highest BCUT2D eigenvalue weighted by Gasteiger charge is 2.34. The summed E-state index contributed by atoms with van der Waals surface area (Å²) >= 11 is 0. The monoisotopic (exact) mass is 246 g/mol. The van der Waals surface area contributed by atoms with E-state index in [-0.39, 0.29) is 11.2 Å². The molecule has 1 aliphatic carbocycles. The Bertz CT molecular complexity index is 517. The molecule has 3 heteroatoms. The Labute approximate surface area is 107 Å². The Morgan fingerprint density at radius 1 is 1.22 bits per heavy atom. The molecule has 18 heavy (non-hydrogen) atoms. The van der Waals surface area contributed by atoms with E-state index in [9.17, 15) is 4.79 Å². The Morgan fingerprint density at radius 3 is 2.44 bits per heavy atom. The molecule has 0 bridgehead atoms. The fourth-order valence-corrected chi connectivity index (χ4v) is 2.47. The molecule has 0 aliphatic heterocycles. The van der Waals surface area contributed by atoms with Crippen molar-refractivity contribution in [2.24, 2.45) is 0 Å². The highest BCUT2D eigenvalue weighted by molar-refractivity contribution is 5.94. The van der Waals surface area contributed by atoms with Crippen LogP contribution in [0.15, 0.2) is 24.3 Å². The van der Waals surface area contributed by atoms with Crippen molar-refractivity contribution in [2.75, 3.05) is 14.2 Å². The molecule has 3 nitrogen and oxygen atoms in total. The molecular weight excluding hydrogens is 228 g/mol. The van der Waals surface area contributed by atoms with E-state index < -0.39 is 0 Å². The number of rotatable bonds is 3. The number of aryl methyl sites for hydroxylation is 1. The van der Waals surface area contributed by atoms with Gasteiger partial charge in [0.2, 0.25) is 0 Å². The van der Waals surface area contributed by atoms with Crippen LogP contribution in [0.2, 0.25) is 0 Å². The number of carbonyl (C=O) groups excluding carboxylic acids is 1. The molecule has 96 valence electrons. The van der Waals surface area contributed by atoms with E-state index in [0.29, 0.717) is 17.9 Å². The summed E-state index contributed by atoms with van der Waals surface area (Å²) in [7, 11) is 3.25. The third-order valence-electron chi connectivity index (χ3n) is 3.42. The van der Waals surface area contributed by atoms with Crippen molar-refractivity contribution < 1.29 is 14.3 Å². The van der Waals surface area contributed by atoms with Crippen LogP contribution in [0.3, 0.4) is 0 Å². The van der Waals surface area contributed by atoms with Crippen LogP contribution in [-0.4, -0.2) is 20.0 Å². The van der Waals surface area contributed by atoms with Gasteiger partial charge in [0.1, 0.15) is 0 Å². The average Bonchev–Trinajstić information content (AvgIpc) is 2.69. The minimum absolute atomic E-state index is 0.153. The molecule has 2 rings (SSSR count). The SMILES string of the molecule is COc1cc(C)cc(C2(C)C=CC(=O)C2)c1OC. The largest absolute Gasteiger partial charge is 0.493 e. The van der Waals surface area contributed by atoms with Gasteiger partial charge in [0.05, 0.1) is 14.2 Å². The first-order valence-electron chi connectivity index (χ1n) is 5.95. The van der Waals surface area contributed by atoms with Crippen molar-refractivity contribution in [1.29, 1.82) is 0 Å². The fraction of sp³-hybridized carbons (Fsp3) is 0.400. The van der Waals surface area contributed by atoms with Crippen LogP contribution in [0.1, 0.15) is 24.5 Å². The number of ketones is 1. The van der Waals surface area contributed by atoms with Gasteiger partial charge in [-0.3, -0.25) is 4.79 Å². The first-order chi connectivity index (χ1) is 8.50. The zero-order chi connectivity index (χ0) is 13.3. The van der Waals surface area contributed by atoms with E-state index in [1.807, 2.05) is 26.0 Å². The number of hydrogen-bond acceptors (Lipinski definition) is 3. The number of carbonyl (C=O) groups is 1. The van der Waals surface area contributed by atoms with E-state index in [2.05, 4.69) is 6.07 Å². The Kier molecular flexibility index (Phi) is 3.16. The molecule has 1 atom stereocenters. The van der Waals surface area contributed by atoms with E-state index in [1.165, 1.54) is 0 Å². The van der Waals surface area contributed by atoms with Crippen LogP contribution in [0, 0.1) is 6.92 Å². The van der Waals surface area contributed by atoms with Gasteiger partial charge in [-0.25, -0.2) is 0 Å². The van der Waals surface area contributed by atoms with Crippen molar-refractivity contribution >= 4 is 5.78 Å². The second-order valence-electron chi connectivity index (χ2n) is 4.94. The Hall–Kier alpha value is -1.77. The van der Waals surface area contributed by atoms with Crippen molar-refractivity contribution in [3.05, 3.63) is 35.4 Å². The number of hydrogen-bond donors (Lipinski definition) is 0. The summed E-state index contributed by atoms with van der Waals surface area (Å²) in [5.74, 6) is 1.58. The zero-order valence-electron chi connectivity index (χ0n) is 11.2. The summed E-state index contributed by atoms with van der Waals surface area (Å²) in [4.78, 5) is 11.5. The first-order valence-corrected chi connectivity index (χ1v) is 5.95. The van der Waals surface area contributed by atoms with Gasteiger partial charge in [0.15, 0.2) is 17.3 Å². The molecule has 0 fully saturated rings. The van der Waals surface area contributed by atoms with E-state index in [4.69, 9.17) is 9.47 Å². The van der Waals surface area contributed by atoms with Gasteiger partial charge < -0.3 is 9.47 Å². The summed E-state index contributed by atoms with van der Waals surface area (Å²) in [5.41, 5.74) is 1.79. The molecule has 1 aliphatic rings. The topological polar surface area (TPSA) is 35.5 Å². The van der Waals surface area contributed by atoms with Crippen LogP contribution >= 0.6 is 0 Å². The van der Waals surface area contributed by atoms with Crippen LogP contribution in [0.4, 0.5) is 0 Å². The van der Waals surface area contributed by atoms with Crippen molar-refractivity contribution in [1.82, 2.24) is 0 Å². The third kappa shape index (κ3) is 2.01. The van der Waals surface area contributed by atoms with Gasteiger partial charge in [0.25, 0.3) is 0 Å². The maximum absolute atomic E-state index is 11.5. The maximum atomic E-state index is 11.5. The van der Waals surface area contributed by atoms with Crippen LogP contribution in [0.25, 0.3) is 0 Å². The van der Waals surface area contributed by atoms with Gasteiger partial charge >= 0.3 is 0 Å². The second kappa shape index (κ2) is 4.48. The summed E-state index contributed by atoms with van der Waals surface area (Å²) < 4.78 is 10.8. The van der Waals surface area contributed by atoms with Gasteiger partial charge in [-0.15, -0.1) is 0 Å². The predicted molar refractivity (Wildman–Crippen MR) is 70.4 cm³/mol. The number of benzene rings is 1. The number of methoxy groups -OCH3 is 2. The molecule has 0 saturated heterocycles. The van der Waals surface area contributed by atoms with E-state index in [1.54, 1.807) is 20.3 Å². The van der Waals surface area contributed by atoms with Gasteiger partial charge in [-0.05, 0) is 24.6 Å². The molecule has 0 spiro atoms.